The molecule has 0 amide bonds. The third kappa shape index (κ3) is 4.64. The normalized spacial score (nSPS) is 37.3. The second-order valence-corrected chi connectivity index (χ2v) is 4.98. The van der Waals surface area contributed by atoms with Gasteiger partial charge in [0.15, 0.2) is 0 Å². The Hall–Kier alpha value is -0.280. The molecule has 1 saturated heterocycles. The summed E-state index contributed by atoms with van der Waals surface area (Å²) in [5.74, 6) is 0. The number of unbranched alkanes of at least 4 members (excludes halogenated alkanes) is 1. The Bertz CT molecular complexity index is 248. The molecule has 0 aromatic carbocycles. The molecule has 7 heteroatoms. The van der Waals surface area contributed by atoms with Crippen molar-refractivity contribution in [3.8, 4) is 0 Å². The third-order valence-corrected chi connectivity index (χ3v) is 3.44. The fraction of sp³-hybridized carbons (Fsp3) is 1.00. The van der Waals surface area contributed by atoms with Crippen LogP contribution in [0.1, 0.15) is 25.7 Å². The molecule has 0 radical (unpaired) electrons. The molecule has 1 aliphatic heterocycles. The monoisotopic (exact) mass is 280 g/mol. The Morgan fingerprint density at radius 2 is 1.53 bits per heavy atom. The van der Waals surface area contributed by atoms with Crippen molar-refractivity contribution >= 4 is 0 Å². The van der Waals surface area contributed by atoms with Crippen molar-refractivity contribution in [3.05, 3.63) is 0 Å². The zero-order valence-electron chi connectivity index (χ0n) is 10.8. The van der Waals surface area contributed by atoms with Gasteiger partial charge in [-0.25, -0.2) is 0 Å². The molecule has 1 fully saturated rings. The predicted molar refractivity (Wildman–Crippen MR) is 65.3 cm³/mol. The van der Waals surface area contributed by atoms with E-state index in [1.165, 1.54) is 0 Å². The molecule has 0 saturated carbocycles. The van der Waals surface area contributed by atoms with Crippen LogP contribution in [0.4, 0.5) is 0 Å². The molecule has 0 spiro atoms. The summed E-state index contributed by atoms with van der Waals surface area (Å²) in [6.07, 6.45) is -4.78. The van der Waals surface area contributed by atoms with E-state index < -0.39 is 43.2 Å². The molecular formula is C12H24O7. The maximum atomic E-state index is 9.78. The Morgan fingerprint density at radius 1 is 0.895 bits per heavy atom. The molecule has 1 unspecified atom stereocenters. The number of aliphatic hydroxyl groups excluding tert-OH is 6. The third-order valence-electron chi connectivity index (χ3n) is 3.44. The van der Waals surface area contributed by atoms with Crippen LogP contribution in [0.25, 0.3) is 0 Å². The van der Waals surface area contributed by atoms with Gasteiger partial charge in [0.2, 0.25) is 0 Å². The van der Waals surface area contributed by atoms with Crippen LogP contribution in [0, 0.1) is 0 Å². The highest BCUT2D eigenvalue weighted by molar-refractivity contribution is 4.92. The maximum Gasteiger partial charge on any atom is 0.111 e. The van der Waals surface area contributed by atoms with Crippen LogP contribution in [-0.2, 0) is 4.74 Å². The topological polar surface area (TPSA) is 131 Å². The highest BCUT2D eigenvalue weighted by Crippen LogP contribution is 2.24. The Labute approximate surface area is 112 Å². The molecule has 0 aliphatic carbocycles. The van der Waals surface area contributed by atoms with Crippen molar-refractivity contribution in [2.24, 2.45) is 0 Å². The molecule has 1 heterocycles. The summed E-state index contributed by atoms with van der Waals surface area (Å²) in [5, 5.41) is 56.4. The average molecular weight is 280 g/mol. The van der Waals surface area contributed by atoms with Gasteiger partial charge < -0.3 is 35.4 Å². The summed E-state index contributed by atoms with van der Waals surface area (Å²) in [5.41, 5.74) is 0. The second-order valence-electron chi connectivity index (χ2n) is 4.98. The summed E-state index contributed by atoms with van der Waals surface area (Å²) in [6.45, 7) is -0.408. The van der Waals surface area contributed by atoms with E-state index >= 15 is 0 Å². The second kappa shape index (κ2) is 8.11. The first-order valence-corrected chi connectivity index (χ1v) is 6.60. The van der Waals surface area contributed by atoms with E-state index in [4.69, 9.17) is 14.9 Å². The van der Waals surface area contributed by atoms with Gasteiger partial charge in [-0.05, 0) is 19.3 Å². The zero-order chi connectivity index (χ0) is 14.4. The standard InChI is InChI=1S/C12H24O7/c13-4-2-1-3-7(15)5-8-10(16)12(18)11(17)9(6-14)19-8/h7-18H,1-6H2/t7?,8-,9-,10+,11+,12-/m1/s1. The van der Waals surface area contributed by atoms with E-state index in [0.29, 0.717) is 19.3 Å². The van der Waals surface area contributed by atoms with E-state index in [-0.39, 0.29) is 13.0 Å². The van der Waals surface area contributed by atoms with Crippen LogP contribution in [0.5, 0.6) is 0 Å². The first-order chi connectivity index (χ1) is 9.01. The van der Waals surface area contributed by atoms with Crippen LogP contribution in [0.15, 0.2) is 0 Å². The maximum absolute atomic E-state index is 9.78. The molecule has 7 nitrogen and oxygen atoms in total. The number of ether oxygens (including phenoxy) is 1. The highest BCUT2D eigenvalue weighted by Gasteiger charge is 2.43. The van der Waals surface area contributed by atoms with E-state index in [2.05, 4.69) is 0 Å². The lowest BCUT2D eigenvalue weighted by molar-refractivity contribution is -0.234. The molecule has 0 aromatic heterocycles. The van der Waals surface area contributed by atoms with Gasteiger partial charge in [0.1, 0.15) is 24.4 Å². The summed E-state index contributed by atoms with van der Waals surface area (Å²) in [7, 11) is 0. The van der Waals surface area contributed by atoms with Gasteiger partial charge in [-0.15, -0.1) is 0 Å². The molecular weight excluding hydrogens is 256 g/mol. The molecule has 0 aromatic rings. The molecule has 1 rings (SSSR count). The van der Waals surface area contributed by atoms with Gasteiger partial charge in [-0.3, -0.25) is 0 Å². The largest absolute Gasteiger partial charge is 0.396 e. The van der Waals surface area contributed by atoms with E-state index in [0.717, 1.165) is 0 Å². The fourth-order valence-electron chi connectivity index (χ4n) is 2.25. The summed E-state index contributed by atoms with van der Waals surface area (Å²) >= 11 is 0. The first-order valence-electron chi connectivity index (χ1n) is 6.60. The summed E-state index contributed by atoms with van der Waals surface area (Å²) < 4.78 is 5.29. The number of hydrogen-bond donors (Lipinski definition) is 6. The number of aliphatic hydroxyl groups is 6. The van der Waals surface area contributed by atoms with Gasteiger partial charge in [-0.2, -0.15) is 0 Å². The van der Waals surface area contributed by atoms with E-state index in [1.807, 2.05) is 0 Å². The number of hydrogen-bond acceptors (Lipinski definition) is 7. The fourth-order valence-corrected chi connectivity index (χ4v) is 2.25. The minimum atomic E-state index is -1.40. The molecule has 1 aliphatic rings. The van der Waals surface area contributed by atoms with Crippen LogP contribution in [0.3, 0.4) is 0 Å². The van der Waals surface area contributed by atoms with Gasteiger partial charge in [-0.1, -0.05) is 0 Å². The highest BCUT2D eigenvalue weighted by atomic mass is 16.5. The van der Waals surface area contributed by atoms with Crippen molar-refractivity contribution in [2.75, 3.05) is 13.2 Å². The Kier molecular flexibility index (Phi) is 7.16. The molecule has 0 bridgehead atoms. The summed E-state index contributed by atoms with van der Waals surface area (Å²) in [4.78, 5) is 0. The van der Waals surface area contributed by atoms with Crippen molar-refractivity contribution in [1.29, 1.82) is 0 Å². The Morgan fingerprint density at radius 3 is 2.11 bits per heavy atom. The van der Waals surface area contributed by atoms with E-state index in [1.54, 1.807) is 0 Å². The lowest BCUT2D eigenvalue weighted by Gasteiger charge is -2.40. The quantitative estimate of drug-likeness (QED) is 0.290. The van der Waals surface area contributed by atoms with Gasteiger partial charge in [0.25, 0.3) is 0 Å². The Balaban J connectivity index is 2.47. The lowest BCUT2D eigenvalue weighted by Crippen LogP contribution is -2.59. The minimum absolute atomic E-state index is 0.0623. The van der Waals surface area contributed by atoms with Gasteiger partial charge in [0.05, 0.1) is 18.8 Å². The SMILES string of the molecule is OCCCCC(O)C[C@H]1O[C@H](CO)[C@H](O)[C@H](O)[C@H]1O. The van der Waals surface area contributed by atoms with Crippen LogP contribution < -0.4 is 0 Å². The number of rotatable bonds is 7. The van der Waals surface area contributed by atoms with Crippen molar-refractivity contribution in [3.63, 3.8) is 0 Å². The van der Waals surface area contributed by atoms with Crippen LogP contribution >= 0.6 is 0 Å². The van der Waals surface area contributed by atoms with Gasteiger partial charge >= 0.3 is 0 Å². The van der Waals surface area contributed by atoms with Gasteiger partial charge in [0, 0.05) is 13.0 Å². The lowest BCUT2D eigenvalue weighted by atomic mass is 9.91. The summed E-state index contributed by atoms with van der Waals surface area (Å²) in [6, 6.07) is 0. The average Bonchev–Trinajstić information content (AvgIpc) is 2.39. The van der Waals surface area contributed by atoms with E-state index in [9.17, 15) is 20.4 Å². The van der Waals surface area contributed by atoms with Crippen molar-refractivity contribution in [2.45, 2.75) is 62.3 Å². The first kappa shape index (κ1) is 16.8. The van der Waals surface area contributed by atoms with Crippen molar-refractivity contribution in [1.82, 2.24) is 0 Å². The van der Waals surface area contributed by atoms with Crippen LogP contribution in [-0.4, -0.2) is 80.5 Å². The molecule has 19 heavy (non-hydrogen) atoms. The zero-order valence-corrected chi connectivity index (χ0v) is 10.8. The minimum Gasteiger partial charge on any atom is -0.396 e. The smallest absolute Gasteiger partial charge is 0.111 e. The molecule has 6 N–H and O–H groups in total. The molecule has 6 atom stereocenters. The molecule has 114 valence electrons. The van der Waals surface area contributed by atoms with Crippen LogP contribution in [0.2, 0.25) is 0 Å². The predicted octanol–water partition coefficient (Wildman–Crippen LogP) is -2.26. The van der Waals surface area contributed by atoms with Crippen molar-refractivity contribution < 1.29 is 35.4 Å².